The molecule has 2 atom stereocenters. The normalized spacial score (nSPS) is 25.8. The minimum absolute atomic E-state index is 0.154. The van der Waals surface area contributed by atoms with Gasteiger partial charge in [0, 0.05) is 31.2 Å². The second-order valence-corrected chi connectivity index (χ2v) is 6.07. The molecule has 0 bridgehead atoms. The number of nitrogens with one attached hydrogen (secondary N) is 2. The van der Waals surface area contributed by atoms with Crippen LogP contribution in [0.1, 0.15) is 34.1 Å². The summed E-state index contributed by atoms with van der Waals surface area (Å²) >= 11 is 0. The molecule has 1 fully saturated rings. The molecule has 2 amide bonds. The number of hydrogen-bond acceptors (Lipinski definition) is 3. The van der Waals surface area contributed by atoms with Gasteiger partial charge in [-0.15, -0.1) is 0 Å². The van der Waals surface area contributed by atoms with Gasteiger partial charge in [-0.2, -0.15) is 0 Å². The van der Waals surface area contributed by atoms with Crippen molar-refractivity contribution < 1.29 is 9.53 Å². The Morgan fingerprint density at radius 3 is 2.61 bits per heavy atom. The monoisotopic (exact) mass is 257 g/mol. The largest absolute Gasteiger partial charge is 0.377 e. The van der Waals surface area contributed by atoms with Crippen LogP contribution >= 0.6 is 0 Å². The van der Waals surface area contributed by atoms with Crippen LogP contribution in [0.15, 0.2) is 0 Å². The van der Waals surface area contributed by atoms with E-state index in [4.69, 9.17) is 10.5 Å². The molecule has 5 heteroatoms. The number of carbonyl (C=O) groups excluding carboxylic acids is 1. The number of ether oxygens (including phenoxy) is 1. The number of primary amides is 1. The van der Waals surface area contributed by atoms with Gasteiger partial charge in [-0.3, -0.25) is 0 Å². The van der Waals surface area contributed by atoms with E-state index >= 15 is 0 Å². The molecule has 0 radical (unpaired) electrons. The molecule has 4 N–H and O–H groups in total. The van der Waals surface area contributed by atoms with Crippen LogP contribution in [0, 0.1) is 11.3 Å². The Morgan fingerprint density at radius 2 is 2.11 bits per heavy atom. The van der Waals surface area contributed by atoms with Crippen molar-refractivity contribution in [1.82, 2.24) is 10.6 Å². The molecule has 5 nitrogen and oxygen atoms in total. The van der Waals surface area contributed by atoms with Gasteiger partial charge in [-0.1, -0.05) is 27.7 Å². The first-order valence-electron chi connectivity index (χ1n) is 6.72. The highest BCUT2D eigenvalue weighted by Gasteiger charge is 2.48. The Kier molecular flexibility index (Phi) is 5.41. The summed E-state index contributed by atoms with van der Waals surface area (Å²) in [5.41, 5.74) is 5.16. The van der Waals surface area contributed by atoms with Crippen LogP contribution in [0.4, 0.5) is 4.79 Å². The third kappa shape index (κ3) is 4.14. The molecule has 0 spiro atoms. The molecule has 0 aromatic heterocycles. The van der Waals surface area contributed by atoms with Crippen molar-refractivity contribution in [2.75, 3.05) is 19.7 Å². The Morgan fingerprint density at radius 1 is 1.44 bits per heavy atom. The second kappa shape index (κ2) is 6.38. The van der Waals surface area contributed by atoms with Gasteiger partial charge in [0.05, 0.1) is 6.10 Å². The Hall–Kier alpha value is -0.810. The lowest BCUT2D eigenvalue weighted by Crippen LogP contribution is -2.61. The molecule has 1 saturated carbocycles. The summed E-state index contributed by atoms with van der Waals surface area (Å²) < 4.78 is 5.90. The van der Waals surface area contributed by atoms with Crippen molar-refractivity contribution in [2.45, 2.75) is 46.3 Å². The highest BCUT2D eigenvalue weighted by Crippen LogP contribution is 2.42. The molecule has 106 valence electrons. The van der Waals surface area contributed by atoms with Crippen molar-refractivity contribution in [2.24, 2.45) is 17.1 Å². The third-order valence-corrected chi connectivity index (χ3v) is 3.62. The van der Waals surface area contributed by atoms with Gasteiger partial charge in [0.15, 0.2) is 0 Å². The quantitative estimate of drug-likeness (QED) is 0.597. The molecule has 1 aliphatic carbocycles. The first-order valence-corrected chi connectivity index (χ1v) is 6.72. The van der Waals surface area contributed by atoms with Crippen LogP contribution in [-0.4, -0.2) is 37.9 Å². The predicted octanol–water partition coefficient (Wildman–Crippen LogP) is 1.08. The van der Waals surface area contributed by atoms with Gasteiger partial charge in [-0.05, 0) is 12.3 Å². The summed E-state index contributed by atoms with van der Waals surface area (Å²) in [6.45, 7) is 10.9. The second-order valence-electron chi connectivity index (χ2n) is 6.07. The Bertz CT molecular complexity index is 279. The van der Waals surface area contributed by atoms with Crippen molar-refractivity contribution >= 4 is 6.03 Å². The number of carbonyl (C=O) groups is 1. The zero-order valence-corrected chi connectivity index (χ0v) is 12.0. The topological polar surface area (TPSA) is 76.4 Å². The lowest BCUT2D eigenvalue weighted by molar-refractivity contribution is -0.123. The maximum absolute atomic E-state index is 10.5. The van der Waals surface area contributed by atoms with E-state index < -0.39 is 6.03 Å². The number of amides is 2. The van der Waals surface area contributed by atoms with Crippen LogP contribution in [0.5, 0.6) is 0 Å². The van der Waals surface area contributed by atoms with E-state index in [9.17, 15) is 4.79 Å². The molecule has 0 aliphatic heterocycles. The smallest absolute Gasteiger partial charge is 0.312 e. The van der Waals surface area contributed by atoms with Gasteiger partial charge < -0.3 is 21.1 Å². The van der Waals surface area contributed by atoms with E-state index in [1.807, 2.05) is 0 Å². The zero-order chi connectivity index (χ0) is 13.8. The fourth-order valence-electron chi connectivity index (χ4n) is 2.26. The number of urea groups is 1. The molecular formula is C13H27N3O2. The highest BCUT2D eigenvalue weighted by molar-refractivity contribution is 5.71. The molecule has 0 aromatic carbocycles. The van der Waals surface area contributed by atoms with Crippen LogP contribution in [-0.2, 0) is 4.74 Å². The lowest BCUT2D eigenvalue weighted by Gasteiger charge is -2.52. The average molecular weight is 257 g/mol. The maximum atomic E-state index is 10.5. The van der Waals surface area contributed by atoms with Gasteiger partial charge in [0.1, 0.15) is 0 Å². The van der Waals surface area contributed by atoms with Crippen molar-refractivity contribution in [3.05, 3.63) is 0 Å². The molecule has 0 saturated heterocycles. The third-order valence-electron chi connectivity index (χ3n) is 3.62. The van der Waals surface area contributed by atoms with E-state index in [2.05, 4.69) is 38.3 Å². The van der Waals surface area contributed by atoms with Gasteiger partial charge in [0.25, 0.3) is 0 Å². The molecule has 1 rings (SSSR count). The fourth-order valence-corrected chi connectivity index (χ4v) is 2.26. The van der Waals surface area contributed by atoms with Crippen LogP contribution < -0.4 is 16.4 Å². The van der Waals surface area contributed by atoms with Crippen molar-refractivity contribution in [1.29, 1.82) is 0 Å². The molecule has 2 unspecified atom stereocenters. The molecule has 0 aromatic rings. The van der Waals surface area contributed by atoms with Crippen LogP contribution in [0.2, 0.25) is 0 Å². The average Bonchev–Trinajstić information content (AvgIpc) is 2.25. The summed E-state index contributed by atoms with van der Waals surface area (Å²) in [4.78, 5) is 10.5. The van der Waals surface area contributed by atoms with Crippen molar-refractivity contribution in [3.63, 3.8) is 0 Å². The summed E-state index contributed by atoms with van der Waals surface area (Å²) in [6.07, 6.45) is 1.37. The number of rotatable bonds is 7. The van der Waals surface area contributed by atoms with Gasteiger partial charge in [0.2, 0.25) is 0 Å². The minimum atomic E-state index is -0.470. The lowest BCUT2D eigenvalue weighted by atomic mass is 9.64. The minimum Gasteiger partial charge on any atom is -0.377 e. The Labute approximate surface area is 110 Å². The summed E-state index contributed by atoms with van der Waals surface area (Å²) in [5.74, 6) is 0.576. The zero-order valence-electron chi connectivity index (χ0n) is 12.0. The van der Waals surface area contributed by atoms with E-state index in [1.54, 1.807) is 0 Å². The SMILES string of the molecule is CC(C)COC1CC(NCCNC(N)=O)C1(C)C. The standard InChI is InChI=1S/C13H27N3O2/c1-9(2)8-18-11-7-10(13(11,3)4)15-5-6-16-12(14)17/h9-11,15H,5-8H2,1-4H3,(H3,14,16,17). The van der Waals surface area contributed by atoms with Gasteiger partial charge >= 0.3 is 6.03 Å². The first kappa shape index (κ1) is 15.2. The molecule has 0 heterocycles. The number of nitrogens with two attached hydrogens (primary N) is 1. The van der Waals surface area contributed by atoms with E-state index in [1.165, 1.54) is 0 Å². The van der Waals surface area contributed by atoms with E-state index in [-0.39, 0.29) is 5.41 Å². The van der Waals surface area contributed by atoms with Crippen LogP contribution in [0.25, 0.3) is 0 Å². The number of hydrogen-bond donors (Lipinski definition) is 3. The van der Waals surface area contributed by atoms with Gasteiger partial charge in [-0.25, -0.2) is 4.79 Å². The van der Waals surface area contributed by atoms with E-state index in [0.29, 0.717) is 24.6 Å². The summed E-state index contributed by atoms with van der Waals surface area (Å²) in [6, 6.07) is -0.0212. The van der Waals surface area contributed by atoms with E-state index in [0.717, 1.165) is 19.6 Å². The summed E-state index contributed by atoms with van der Waals surface area (Å²) in [7, 11) is 0. The van der Waals surface area contributed by atoms with Crippen LogP contribution in [0.3, 0.4) is 0 Å². The Balaban J connectivity index is 2.20. The highest BCUT2D eigenvalue weighted by atomic mass is 16.5. The fraction of sp³-hybridized carbons (Fsp3) is 0.923. The molecule has 1 aliphatic rings. The predicted molar refractivity (Wildman–Crippen MR) is 72.4 cm³/mol. The van der Waals surface area contributed by atoms with Crippen molar-refractivity contribution in [3.8, 4) is 0 Å². The molecular weight excluding hydrogens is 230 g/mol. The first-order chi connectivity index (χ1) is 8.34. The summed E-state index contributed by atoms with van der Waals surface area (Å²) in [5, 5.41) is 6.00. The maximum Gasteiger partial charge on any atom is 0.312 e. The molecule has 18 heavy (non-hydrogen) atoms.